The van der Waals surface area contributed by atoms with E-state index >= 15 is 0 Å². The first-order valence-electron chi connectivity index (χ1n) is 8.18. The zero-order valence-electron chi connectivity index (χ0n) is 15.2. The summed E-state index contributed by atoms with van der Waals surface area (Å²) in [6, 6.07) is 12.3. The second-order valence-electron chi connectivity index (χ2n) is 6.12. The van der Waals surface area contributed by atoms with Crippen LogP contribution in [0.3, 0.4) is 0 Å². The van der Waals surface area contributed by atoms with Crippen molar-refractivity contribution in [3.8, 4) is 0 Å². The lowest BCUT2D eigenvalue weighted by atomic mass is 9.97. The topological polar surface area (TPSA) is 32.7 Å². The molecule has 0 aliphatic heterocycles. The fraction of sp³-hybridized carbons (Fsp3) is 0.350. The zero-order valence-corrected chi connectivity index (χ0v) is 16.0. The molecule has 0 fully saturated rings. The van der Waals surface area contributed by atoms with Gasteiger partial charge in [0.1, 0.15) is 0 Å². The molecule has 0 amide bonds. The van der Waals surface area contributed by atoms with E-state index in [1.807, 2.05) is 31.6 Å². The first-order chi connectivity index (χ1) is 11.4. The summed E-state index contributed by atoms with van der Waals surface area (Å²) in [5, 5.41) is 0. The Balaban J connectivity index is 2.32. The van der Waals surface area contributed by atoms with E-state index in [1.165, 1.54) is 11.1 Å². The lowest BCUT2D eigenvalue weighted by Gasteiger charge is -2.13. The molecule has 1 unspecified atom stereocenters. The molecule has 0 aromatic heterocycles. The van der Waals surface area contributed by atoms with Crippen molar-refractivity contribution in [1.29, 1.82) is 0 Å². The van der Waals surface area contributed by atoms with Crippen LogP contribution in [0.5, 0.6) is 0 Å². The maximum atomic E-state index is 11.9. The van der Waals surface area contributed by atoms with Crippen LogP contribution in [-0.4, -0.2) is 35.3 Å². The largest absolute Gasteiger partial charge is 0.366 e. The lowest BCUT2D eigenvalue weighted by molar-refractivity contribution is 0.552. The van der Waals surface area contributed by atoms with E-state index in [2.05, 4.69) is 48.9 Å². The molecule has 2 aromatic carbocycles. The average molecular weight is 343 g/mol. The second kappa shape index (κ2) is 8.25. The summed E-state index contributed by atoms with van der Waals surface area (Å²) in [5.74, 6) is 0. The summed E-state index contributed by atoms with van der Waals surface area (Å²) in [7, 11) is 1.05. The van der Waals surface area contributed by atoms with Crippen molar-refractivity contribution in [2.24, 2.45) is 4.99 Å². The van der Waals surface area contributed by atoms with Crippen molar-refractivity contribution in [3.63, 3.8) is 0 Å². The van der Waals surface area contributed by atoms with Gasteiger partial charge >= 0.3 is 0 Å². The van der Waals surface area contributed by atoms with Crippen LogP contribution in [0.25, 0.3) is 0 Å². The molecule has 0 saturated heterocycles. The van der Waals surface area contributed by atoms with Crippen LogP contribution in [-0.2, 0) is 17.2 Å². The Morgan fingerprint density at radius 3 is 2.50 bits per heavy atom. The number of hydrogen-bond donors (Lipinski definition) is 0. The van der Waals surface area contributed by atoms with Gasteiger partial charge in [0.05, 0.1) is 22.8 Å². The van der Waals surface area contributed by atoms with Crippen LogP contribution < -0.4 is 0 Å². The van der Waals surface area contributed by atoms with Gasteiger partial charge in [-0.15, -0.1) is 0 Å². The predicted molar refractivity (Wildman–Crippen MR) is 104 cm³/mol. The molecule has 1 atom stereocenters. The number of nitrogens with zero attached hydrogens (tertiary/aromatic N) is 2. The quantitative estimate of drug-likeness (QED) is 0.581. The van der Waals surface area contributed by atoms with E-state index in [0.717, 1.165) is 34.7 Å². The van der Waals surface area contributed by atoms with Crippen LogP contribution in [0.2, 0.25) is 0 Å². The number of aliphatic imine (C=N–C) groups is 1. The average Bonchev–Trinajstić information content (AvgIpc) is 2.56. The third kappa shape index (κ3) is 4.54. The van der Waals surface area contributed by atoms with E-state index in [4.69, 9.17) is 0 Å². The van der Waals surface area contributed by atoms with Crippen molar-refractivity contribution in [1.82, 2.24) is 4.90 Å². The SMILES string of the molecule is CCN(C)C=Nc1cc(C)c(Cc2ccccc2S(C)=O)cc1C. The van der Waals surface area contributed by atoms with Crippen molar-refractivity contribution in [2.45, 2.75) is 32.1 Å². The Hall–Kier alpha value is -1.94. The lowest BCUT2D eigenvalue weighted by Crippen LogP contribution is -2.14. The maximum absolute atomic E-state index is 11.9. The Morgan fingerprint density at radius 1 is 1.12 bits per heavy atom. The van der Waals surface area contributed by atoms with Gasteiger partial charge in [0.2, 0.25) is 0 Å². The number of hydrogen-bond acceptors (Lipinski definition) is 2. The molecule has 0 saturated carbocycles. The molecule has 0 radical (unpaired) electrons. The normalized spacial score (nSPS) is 12.5. The monoisotopic (exact) mass is 342 g/mol. The molecule has 0 aliphatic carbocycles. The van der Waals surface area contributed by atoms with E-state index < -0.39 is 10.8 Å². The summed E-state index contributed by atoms with van der Waals surface area (Å²) in [4.78, 5) is 7.55. The van der Waals surface area contributed by atoms with E-state index in [9.17, 15) is 4.21 Å². The summed E-state index contributed by atoms with van der Waals surface area (Å²) in [5.41, 5.74) is 5.76. The molecule has 0 heterocycles. The standard InChI is InChI=1S/C20H26N2OS/c1-6-22(4)14-21-19-12-15(2)18(11-16(19)3)13-17-9-7-8-10-20(17)24(5)23/h7-12,14H,6,13H2,1-5H3. The van der Waals surface area contributed by atoms with Crippen molar-refractivity contribution in [3.05, 3.63) is 58.7 Å². The second-order valence-corrected chi connectivity index (χ2v) is 7.47. The minimum Gasteiger partial charge on any atom is -0.366 e. The predicted octanol–water partition coefficient (Wildman–Crippen LogP) is 4.24. The molecule has 3 nitrogen and oxygen atoms in total. The van der Waals surface area contributed by atoms with Gasteiger partial charge in [-0.3, -0.25) is 4.21 Å². The summed E-state index contributed by atoms with van der Waals surface area (Å²) in [6.07, 6.45) is 4.40. The minimum absolute atomic E-state index is 0.793. The Morgan fingerprint density at radius 2 is 1.83 bits per heavy atom. The molecule has 2 rings (SSSR count). The van der Waals surface area contributed by atoms with Crippen LogP contribution in [0.4, 0.5) is 5.69 Å². The van der Waals surface area contributed by atoms with Crippen LogP contribution in [0.15, 0.2) is 46.3 Å². The van der Waals surface area contributed by atoms with Gasteiger partial charge in [-0.1, -0.05) is 24.3 Å². The zero-order chi connectivity index (χ0) is 17.7. The van der Waals surface area contributed by atoms with Gasteiger partial charge in [-0.05, 0) is 61.6 Å². The van der Waals surface area contributed by atoms with Crippen molar-refractivity contribution >= 4 is 22.8 Å². The van der Waals surface area contributed by atoms with Crippen LogP contribution in [0, 0.1) is 13.8 Å². The molecule has 128 valence electrons. The molecule has 0 bridgehead atoms. The molecule has 24 heavy (non-hydrogen) atoms. The van der Waals surface area contributed by atoms with Crippen molar-refractivity contribution < 1.29 is 4.21 Å². The Kier molecular flexibility index (Phi) is 6.32. The van der Waals surface area contributed by atoms with Gasteiger partial charge in [0, 0.05) is 24.7 Å². The Labute approximate surface area is 147 Å². The third-order valence-electron chi connectivity index (χ3n) is 4.21. The minimum atomic E-state index is -0.969. The number of rotatable bonds is 6. The first kappa shape index (κ1) is 18.4. The van der Waals surface area contributed by atoms with Gasteiger partial charge in [0.15, 0.2) is 0 Å². The summed E-state index contributed by atoms with van der Waals surface area (Å²) >= 11 is 0. The Bertz CT molecular complexity index is 768. The summed E-state index contributed by atoms with van der Waals surface area (Å²) in [6.45, 7) is 7.24. The van der Waals surface area contributed by atoms with Gasteiger partial charge in [0.25, 0.3) is 0 Å². The molecule has 0 spiro atoms. The maximum Gasteiger partial charge on any atom is 0.0909 e. The number of benzene rings is 2. The highest BCUT2D eigenvalue weighted by molar-refractivity contribution is 7.84. The van der Waals surface area contributed by atoms with E-state index in [-0.39, 0.29) is 0 Å². The van der Waals surface area contributed by atoms with Crippen LogP contribution in [0.1, 0.15) is 29.2 Å². The van der Waals surface area contributed by atoms with Gasteiger partial charge in [-0.2, -0.15) is 0 Å². The van der Waals surface area contributed by atoms with Crippen LogP contribution >= 0.6 is 0 Å². The molecular weight excluding hydrogens is 316 g/mol. The van der Waals surface area contributed by atoms with Gasteiger partial charge < -0.3 is 4.90 Å². The smallest absolute Gasteiger partial charge is 0.0909 e. The fourth-order valence-corrected chi connectivity index (χ4v) is 3.35. The van der Waals surface area contributed by atoms with Gasteiger partial charge in [-0.25, -0.2) is 4.99 Å². The molecule has 0 N–H and O–H groups in total. The highest BCUT2D eigenvalue weighted by atomic mass is 32.2. The van der Waals surface area contributed by atoms with E-state index in [0.29, 0.717) is 0 Å². The van der Waals surface area contributed by atoms with E-state index in [1.54, 1.807) is 6.26 Å². The highest BCUT2D eigenvalue weighted by Crippen LogP contribution is 2.26. The molecule has 4 heteroatoms. The number of aryl methyl sites for hydroxylation is 2. The fourth-order valence-electron chi connectivity index (χ4n) is 2.57. The third-order valence-corrected chi connectivity index (χ3v) is 5.23. The highest BCUT2D eigenvalue weighted by Gasteiger charge is 2.09. The molecule has 2 aromatic rings. The first-order valence-corrected chi connectivity index (χ1v) is 9.74. The molecule has 0 aliphatic rings. The summed E-state index contributed by atoms with van der Waals surface area (Å²) < 4.78 is 11.9. The van der Waals surface area contributed by atoms with Crippen molar-refractivity contribution in [2.75, 3.05) is 19.8 Å². The molecular formula is C20H26N2OS.